The van der Waals surface area contributed by atoms with Crippen molar-refractivity contribution in [3.8, 4) is 0 Å². The first-order valence-corrected chi connectivity index (χ1v) is 8.83. The van der Waals surface area contributed by atoms with E-state index < -0.39 is 0 Å². The monoisotopic (exact) mass is 437 g/mol. The molecule has 1 heterocycles. The highest BCUT2D eigenvalue weighted by Crippen LogP contribution is 2.22. The quantitative estimate of drug-likeness (QED) is 0.286. The molecule has 0 saturated heterocycles. The molecule has 1 amide bonds. The minimum absolute atomic E-state index is 0.191. The van der Waals surface area contributed by atoms with Crippen LogP contribution in [-0.4, -0.2) is 22.9 Å². The van der Waals surface area contributed by atoms with Gasteiger partial charge in [-0.15, -0.1) is 0 Å². The van der Waals surface area contributed by atoms with Gasteiger partial charge in [0.1, 0.15) is 5.52 Å². The van der Waals surface area contributed by atoms with Gasteiger partial charge in [-0.05, 0) is 40.8 Å². The van der Waals surface area contributed by atoms with E-state index in [-0.39, 0.29) is 11.7 Å². The van der Waals surface area contributed by atoms with Crippen LogP contribution in [0.4, 0.5) is 0 Å². The van der Waals surface area contributed by atoms with Gasteiger partial charge in [0.05, 0.1) is 12.0 Å². The van der Waals surface area contributed by atoms with Crippen LogP contribution in [0.1, 0.15) is 5.56 Å². The first-order valence-electron chi connectivity index (χ1n) is 6.77. The average Bonchev–Trinajstić information content (AvgIpc) is 2.98. The summed E-state index contributed by atoms with van der Waals surface area (Å²) in [6, 6.07) is 15.3. The third-order valence-electron chi connectivity index (χ3n) is 2.90. The molecule has 5 nitrogen and oxygen atoms in total. The highest BCUT2D eigenvalue weighted by Gasteiger charge is 2.08. The fourth-order valence-electron chi connectivity index (χ4n) is 1.83. The molecular weight excluding hydrogens is 425 g/mol. The van der Waals surface area contributed by atoms with Crippen LogP contribution in [0.15, 0.2) is 63.3 Å². The zero-order chi connectivity index (χ0) is 16.1. The number of carbonyl (C=O) groups excluding carboxylic acids is 1. The summed E-state index contributed by atoms with van der Waals surface area (Å²) in [6.45, 7) is 0. The molecule has 1 N–H and O–H groups in total. The van der Waals surface area contributed by atoms with Crippen molar-refractivity contribution in [2.75, 3.05) is 5.75 Å². The summed E-state index contributed by atoms with van der Waals surface area (Å²) in [4.78, 5) is 16.1. The summed E-state index contributed by atoms with van der Waals surface area (Å²) < 4.78 is 6.61. The van der Waals surface area contributed by atoms with Gasteiger partial charge in [-0.3, -0.25) is 4.79 Å². The predicted octanol–water partition coefficient (Wildman–Crippen LogP) is 3.67. The molecule has 23 heavy (non-hydrogen) atoms. The topological polar surface area (TPSA) is 67.5 Å². The molecule has 0 unspecified atom stereocenters. The number of hydrazone groups is 1. The number of nitrogens with one attached hydrogen (secondary N) is 1. The number of halogens is 1. The molecule has 0 saturated carbocycles. The number of para-hydroxylation sites is 2. The minimum Gasteiger partial charge on any atom is -0.431 e. The number of oxazole rings is 1. The van der Waals surface area contributed by atoms with E-state index in [9.17, 15) is 4.79 Å². The van der Waals surface area contributed by atoms with E-state index in [1.807, 2.05) is 48.5 Å². The predicted molar refractivity (Wildman–Crippen MR) is 99.6 cm³/mol. The van der Waals surface area contributed by atoms with Gasteiger partial charge in [0.25, 0.3) is 11.1 Å². The van der Waals surface area contributed by atoms with Crippen LogP contribution in [-0.2, 0) is 4.79 Å². The van der Waals surface area contributed by atoms with E-state index in [2.05, 4.69) is 38.1 Å². The number of aromatic nitrogens is 1. The van der Waals surface area contributed by atoms with Crippen LogP contribution in [0.3, 0.4) is 0 Å². The molecule has 1 aromatic heterocycles. The Hall–Kier alpha value is -1.87. The highest BCUT2D eigenvalue weighted by atomic mass is 127. The Labute approximate surface area is 150 Å². The maximum atomic E-state index is 11.8. The molecule has 0 atom stereocenters. The Kier molecular flexibility index (Phi) is 5.29. The number of benzene rings is 2. The Morgan fingerprint density at radius 3 is 2.87 bits per heavy atom. The minimum atomic E-state index is -0.209. The zero-order valence-electron chi connectivity index (χ0n) is 11.9. The van der Waals surface area contributed by atoms with Crippen molar-refractivity contribution in [1.82, 2.24) is 10.4 Å². The number of thioether (sulfide) groups is 1. The second-order valence-corrected chi connectivity index (χ2v) is 6.64. The molecule has 0 fully saturated rings. The van der Waals surface area contributed by atoms with Gasteiger partial charge in [-0.2, -0.15) is 5.10 Å². The normalized spacial score (nSPS) is 11.2. The maximum Gasteiger partial charge on any atom is 0.257 e. The molecule has 7 heteroatoms. The second-order valence-electron chi connectivity index (χ2n) is 4.55. The molecule has 0 aliphatic carbocycles. The Morgan fingerprint density at radius 1 is 1.26 bits per heavy atom. The number of fused-ring (bicyclic) bond motifs is 1. The van der Waals surface area contributed by atoms with Crippen LogP contribution >= 0.6 is 34.4 Å². The number of amides is 1. The lowest BCUT2D eigenvalue weighted by Gasteiger charge is -1.98. The number of rotatable bonds is 5. The zero-order valence-corrected chi connectivity index (χ0v) is 14.9. The van der Waals surface area contributed by atoms with Crippen molar-refractivity contribution < 1.29 is 9.21 Å². The van der Waals surface area contributed by atoms with E-state index in [1.165, 1.54) is 11.8 Å². The third kappa shape index (κ3) is 4.32. The largest absolute Gasteiger partial charge is 0.431 e. The molecule has 3 aromatic rings. The van der Waals surface area contributed by atoms with Gasteiger partial charge < -0.3 is 4.42 Å². The lowest BCUT2D eigenvalue weighted by atomic mass is 10.2. The highest BCUT2D eigenvalue weighted by molar-refractivity contribution is 14.1. The van der Waals surface area contributed by atoms with E-state index >= 15 is 0 Å². The summed E-state index contributed by atoms with van der Waals surface area (Å²) in [5, 5.41) is 4.44. The molecule has 116 valence electrons. The Balaban J connectivity index is 1.52. The fraction of sp³-hybridized carbons (Fsp3) is 0.0625. The summed E-state index contributed by atoms with van der Waals surface area (Å²) in [5.74, 6) is -0.0183. The first kappa shape index (κ1) is 16.0. The Morgan fingerprint density at radius 2 is 2.04 bits per heavy atom. The first-order chi connectivity index (χ1) is 11.2. The maximum absolute atomic E-state index is 11.8. The van der Waals surface area contributed by atoms with Crippen LogP contribution in [0, 0.1) is 3.57 Å². The van der Waals surface area contributed by atoms with Crippen LogP contribution < -0.4 is 5.43 Å². The molecule has 0 aliphatic heterocycles. The van der Waals surface area contributed by atoms with Gasteiger partial charge in [0, 0.05) is 9.13 Å². The van der Waals surface area contributed by atoms with Gasteiger partial charge in [0.2, 0.25) is 0 Å². The molecule has 0 bridgehead atoms. The number of hydrogen-bond acceptors (Lipinski definition) is 5. The summed E-state index contributed by atoms with van der Waals surface area (Å²) in [7, 11) is 0. The SMILES string of the molecule is O=C(CSc1nc2ccccc2o1)N/N=C\c1ccccc1I. The van der Waals surface area contributed by atoms with Crippen LogP contribution in [0.2, 0.25) is 0 Å². The van der Waals surface area contributed by atoms with Crippen LogP contribution in [0.5, 0.6) is 0 Å². The summed E-state index contributed by atoms with van der Waals surface area (Å²) in [6.07, 6.45) is 1.63. The Bertz CT molecular complexity index is 830. The van der Waals surface area contributed by atoms with Crippen molar-refractivity contribution >= 4 is 57.6 Å². The van der Waals surface area contributed by atoms with E-state index in [1.54, 1.807) is 6.21 Å². The molecule has 3 rings (SSSR count). The molecule has 0 aliphatic rings. The standard InChI is InChI=1S/C16H12IN3O2S/c17-12-6-2-1-5-11(12)9-18-20-15(21)10-23-16-19-13-7-3-4-8-14(13)22-16/h1-9H,10H2,(H,20,21)/b18-9-. The number of nitrogens with zero attached hydrogens (tertiary/aromatic N) is 2. The van der Waals surface area contributed by atoms with Crippen molar-refractivity contribution in [2.24, 2.45) is 5.10 Å². The van der Waals surface area contributed by atoms with E-state index in [0.29, 0.717) is 10.8 Å². The average molecular weight is 437 g/mol. The molecule has 0 radical (unpaired) electrons. The van der Waals surface area contributed by atoms with Crippen molar-refractivity contribution in [1.29, 1.82) is 0 Å². The molecular formula is C16H12IN3O2S. The smallest absolute Gasteiger partial charge is 0.257 e. The fourth-order valence-corrected chi connectivity index (χ4v) is 2.98. The van der Waals surface area contributed by atoms with Crippen LogP contribution in [0.25, 0.3) is 11.1 Å². The van der Waals surface area contributed by atoms with Gasteiger partial charge >= 0.3 is 0 Å². The van der Waals surface area contributed by atoms with Gasteiger partial charge in [-0.1, -0.05) is 42.1 Å². The number of carbonyl (C=O) groups is 1. The van der Waals surface area contributed by atoms with Gasteiger partial charge in [0.15, 0.2) is 5.58 Å². The third-order valence-corrected chi connectivity index (χ3v) is 4.71. The molecule has 0 spiro atoms. The van der Waals surface area contributed by atoms with E-state index in [4.69, 9.17) is 4.42 Å². The summed E-state index contributed by atoms with van der Waals surface area (Å²) >= 11 is 3.46. The lowest BCUT2D eigenvalue weighted by molar-refractivity contribution is -0.118. The van der Waals surface area contributed by atoms with E-state index in [0.717, 1.165) is 14.7 Å². The van der Waals surface area contributed by atoms with Crippen molar-refractivity contribution in [3.63, 3.8) is 0 Å². The second kappa shape index (κ2) is 7.60. The van der Waals surface area contributed by atoms with Gasteiger partial charge in [-0.25, -0.2) is 10.4 Å². The van der Waals surface area contributed by atoms with Crippen molar-refractivity contribution in [3.05, 3.63) is 57.7 Å². The number of hydrogen-bond donors (Lipinski definition) is 1. The lowest BCUT2D eigenvalue weighted by Crippen LogP contribution is -2.19. The molecule has 2 aromatic carbocycles. The van der Waals surface area contributed by atoms with Crippen molar-refractivity contribution in [2.45, 2.75) is 5.22 Å². The summed E-state index contributed by atoms with van der Waals surface area (Å²) in [5.41, 5.74) is 4.96.